The summed E-state index contributed by atoms with van der Waals surface area (Å²) in [5.74, 6) is 0.266. The molecule has 0 aromatic heterocycles. The zero-order chi connectivity index (χ0) is 11.3. The summed E-state index contributed by atoms with van der Waals surface area (Å²) in [5.41, 5.74) is 2.31. The smallest absolute Gasteiger partial charge is 0.0818 e. The van der Waals surface area contributed by atoms with Crippen molar-refractivity contribution in [3.8, 4) is 0 Å². The highest BCUT2D eigenvalue weighted by molar-refractivity contribution is 5.18. The van der Waals surface area contributed by atoms with E-state index in [9.17, 15) is 5.11 Å². The molecule has 0 saturated heterocycles. The molecule has 1 N–H and O–H groups in total. The van der Waals surface area contributed by atoms with Gasteiger partial charge in [0, 0.05) is 0 Å². The summed E-state index contributed by atoms with van der Waals surface area (Å²) in [4.78, 5) is 0. The van der Waals surface area contributed by atoms with E-state index >= 15 is 0 Å². The lowest BCUT2D eigenvalue weighted by Crippen LogP contribution is -2.08. The maximum Gasteiger partial charge on any atom is 0.0818 e. The summed E-state index contributed by atoms with van der Waals surface area (Å²) in [5, 5.41) is 10.1. The maximum absolute atomic E-state index is 10.1. The highest BCUT2D eigenvalue weighted by atomic mass is 16.3. The molecule has 2 unspecified atom stereocenters. The van der Waals surface area contributed by atoms with Gasteiger partial charge in [-0.05, 0) is 31.7 Å². The average molecular weight is 204 g/mol. The van der Waals surface area contributed by atoms with Gasteiger partial charge < -0.3 is 5.11 Å². The van der Waals surface area contributed by atoms with Gasteiger partial charge in [0.1, 0.15) is 0 Å². The Bertz CT molecular complexity index is 309. The predicted molar refractivity (Wildman–Crippen MR) is 64.6 cm³/mol. The number of benzene rings is 1. The van der Waals surface area contributed by atoms with E-state index in [0.29, 0.717) is 0 Å². The van der Waals surface area contributed by atoms with E-state index in [4.69, 9.17) is 0 Å². The molecule has 0 saturated carbocycles. The summed E-state index contributed by atoms with van der Waals surface area (Å²) in [7, 11) is 0. The molecular weight excluding hydrogens is 184 g/mol. The van der Waals surface area contributed by atoms with Gasteiger partial charge in [-0.25, -0.2) is 0 Å². The Hall–Kier alpha value is -1.08. The lowest BCUT2D eigenvalue weighted by Gasteiger charge is -2.17. The minimum Gasteiger partial charge on any atom is -0.388 e. The molecular formula is C14H20O. The van der Waals surface area contributed by atoms with Crippen LogP contribution in [0.4, 0.5) is 0 Å². The van der Waals surface area contributed by atoms with Crippen LogP contribution < -0.4 is 0 Å². The van der Waals surface area contributed by atoms with Crippen molar-refractivity contribution in [3.05, 3.63) is 47.5 Å². The molecule has 0 amide bonds. The molecule has 15 heavy (non-hydrogen) atoms. The van der Waals surface area contributed by atoms with Gasteiger partial charge in [-0.1, -0.05) is 48.9 Å². The monoisotopic (exact) mass is 204 g/mol. The van der Waals surface area contributed by atoms with Gasteiger partial charge in [0.2, 0.25) is 0 Å². The van der Waals surface area contributed by atoms with Crippen LogP contribution in [0.3, 0.4) is 0 Å². The third kappa shape index (κ3) is 3.88. The Labute approximate surface area is 92.5 Å². The van der Waals surface area contributed by atoms with Crippen molar-refractivity contribution in [2.24, 2.45) is 5.92 Å². The van der Waals surface area contributed by atoms with E-state index in [1.807, 2.05) is 30.3 Å². The zero-order valence-electron chi connectivity index (χ0n) is 9.77. The summed E-state index contributed by atoms with van der Waals surface area (Å²) in [6.45, 7) is 6.25. The molecule has 1 heteroatoms. The molecule has 0 heterocycles. The van der Waals surface area contributed by atoms with E-state index in [0.717, 1.165) is 12.0 Å². The Morgan fingerprint density at radius 1 is 1.27 bits per heavy atom. The fraction of sp³-hybridized carbons (Fsp3) is 0.429. The molecule has 1 nitrogen and oxygen atoms in total. The van der Waals surface area contributed by atoms with Gasteiger partial charge in [0.05, 0.1) is 6.10 Å². The minimum atomic E-state index is -0.359. The Morgan fingerprint density at radius 3 is 2.40 bits per heavy atom. The molecule has 1 rings (SSSR count). The van der Waals surface area contributed by atoms with Gasteiger partial charge in [0.15, 0.2) is 0 Å². The van der Waals surface area contributed by atoms with Crippen molar-refractivity contribution in [2.45, 2.75) is 33.3 Å². The van der Waals surface area contributed by atoms with Crippen molar-refractivity contribution in [1.29, 1.82) is 0 Å². The molecule has 82 valence electrons. The van der Waals surface area contributed by atoms with Crippen molar-refractivity contribution in [3.63, 3.8) is 0 Å². The third-order valence-corrected chi connectivity index (χ3v) is 2.58. The van der Waals surface area contributed by atoms with Crippen LogP contribution in [0.2, 0.25) is 0 Å². The molecule has 0 aliphatic carbocycles. The van der Waals surface area contributed by atoms with E-state index in [2.05, 4.69) is 26.8 Å². The number of hydrogen-bond donors (Lipinski definition) is 1. The topological polar surface area (TPSA) is 20.2 Å². The molecule has 1 aromatic carbocycles. The van der Waals surface area contributed by atoms with Crippen molar-refractivity contribution < 1.29 is 5.11 Å². The SMILES string of the molecule is CC(C)=CCC(C)C(O)c1ccccc1. The second-order valence-electron chi connectivity index (χ2n) is 4.35. The summed E-state index contributed by atoms with van der Waals surface area (Å²) in [6.07, 6.45) is 2.75. The van der Waals surface area contributed by atoms with E-state index < -0.39 is 0 Å². The standard InChI is InChI=1S/C14H20O/c1-11(2)9-10-12(3)14(15)13-7-5-4-6-8-13/h4-9,12,14-15H,10H2,1-3H3. The van der Waals surface area contributed by atoms with E-state index in [1.54, 1.807) is 0 Å². The first kappa shape index (κ1) is 12.0. The maximum atomic E-state index is 10.1. The first-order chi connectivity index (χ1) is 7.11. The number of aliphatic hydroxyl groups excluding tert-OH is 1. The highest BCUT2D eigenvalue weighted by Gasteiger charge is 2.14. The van der Waals surface area contributed by atoms with Crippen LogP contribution in [0.1, 0.15) is 38.9 Å². The van der Waals surface area contributed by atoms with Crippen molar-refractivity contribution in [1.82, 2.24) is 0 Å². The highest BCUT2D eigenvalue weighted by Crippen LogP contribution is 2.24. The van der Waals surface area contributed by atoms with Crippen LogP contribution >= 0.6 is 0 Å². The first-order valence-electron chi connectivity index (χ1n) is 5.47. The number of hydrogen-bond acceptors (Lipinski definition) is 1. The normalized spacial score (nSPS) is 14.4. The average Bonchev–Trinajstić information content (AvgIpc) is 2.26. The summed E-state index contributed by atoms with van der Waals surface area (Å²) < 4.78 is 0. The van der Waals surface area contributed by atoms with Crippen LogP contribution in [-0.4, -0.2) is 5.11 Å². The zero-order valence-corrected chi connectivity index (χ0v) is 9.77. The summed E-state index contributed by atoms with van der Waals surface area (Å²) >= 11 is 0. The van der Waals surface area contributed by atoms with Crippen LogP contribution in [0, 0.1) is 5.92 Å². The van der Waals surface area contributed by atoms with E-state index in [-0.39, 0.29) is 12.0 Å². The lowest BCUT2D eigenvalue weighted by atomic mass is 9.94. The largest absolute Gasteiger partial charge is 0.388 e. The molecule has 0 aliphatic rings. The third-order valence-electron chi connectivity index (χ3n) is 2.58. The Morgan fingerprint density at radius 2 is 1.87 bits per heavy atom. The first-order valence-corrected chi connectivity index (χ1v) is 5.47. The van der Waals surface area contributed by atoms with Crippen LogP contribution in [-0.2, 0) is 0 Å². The molecule has 2 atom stereocenters. The fourth-order valence-electron chi connectivity index (χ4n) is 1.53. The van der Waals surface area contributed by atoms with Crippen molar-refractivity contribution >= 4 is 0 Å². The fourth-order valence-corrected chi connectivity index (χ4v) is 1.53. The summed E-state index contributed by atoms with van der Waals surface area (Å²) in [6, 6.07) is 9.85. The molecule has 0 radical (unpaired) electrons. The second-order valence-corrected chi connectivity index (χ2v) is 4.35. The Kier molecular flexibility index (Phi) is 4.57. The minimum absolute atomic E-state index is 0.266. The van der Waals surface area contributed by atoms with Gasteiger partial charge >= 0.3 is 0 Å². The molecule has 0 bridgehead atoms. The van der Waals surface area contributed by atoms with E-state index in [1.165, 1.54) is 5.57 Å². The predicted octanol–water partition coefficient (Wildman–Crippen LogP) is 3.71. The van der Waals surface area contributed by atoms with Gasteiger partial charge in [-0.3, -0.25) is 0 Å². The van der Waals surface area contributed by atoms with Gasteiger partial charge in [0.25, 0.3) is 0 Å². The molecule has 0 aliphatic heterocycles. The van der Waals surface area contributed by atoms with Crippen LogP contribution in [0.5, 0.6) is 0 Å². The molecule has 0 spiro atoms. The number of allylic oxidation sites excluding steroid dienone is 2. The van der Waals surface area contributed by atoms with Crippen LogP contribution in [0.15, 0.2) is 42.0 Å². The van der Waals surface area contributed by atoms with Gasteiger partial charge in [-0.15, -0.1) is 0 Å². The number of aliphatic hydroxyl groups is 1. The quantitative estimate of drug-likeness (QED) is 0.741. The van der Waals surface area contributed by atoms with Crippen molar-refractivity contribution in [2.75, 3.05) is 0 Å². The number of rotatable bonds is 4. The second kappa shape index (κ2) is 5.72. The molecule has 0 fully saturated rings. The van der Waals surface area contributed by atoms with Gasteiger partial charge in [-0.2, -0.15) is 0 Å². The Balaban J connectivity index is 2.61. The molecule has 1 aromatic rings. The van der Waals surface area contributed by atoms with Crippen LogP contribution in [0.25, 0.3) is 0 Å². The lowest BCUT2D eigenvalue weighted by molar-refractivity contribution is 0.119.